The maximum Gasteiger partial charge on any atom is 0.256 e. The Kier molecular flexibility index (Phi) is 5.93. The first-order valence-corrected chi connectivity index (χ1v) is 9.92. The zero-order valence-electron chi connectivity index (χ0n) is 13.9. The number of carbonyl (C=O) groups is 2. The summed E-state index contributed by atoms with van der Waals surface area (Å²) < 4.78 is 26.2. The molecule has 0 atom stereocenters. The van der Waals surface area contributed by atoms with Gasteiger partial charge in [0.15, 0.2) is 0 Å². The van der Waals surface area contributed by atoms with Gasteiger partial charge in [-0.1, -0.05) is 13.8 Å². The molecule has 0 fully saturated rings. The van der Waals surface area contributed by atoms with Gasteiger partial charge in [-0.25, -0.2) is 8.42 Å². The molecule has 134 valence electrons. The molecule has 1 aromatic heterocycles. The Bertz CT molecular complexity index is 869. The number of carbonyl (C=O) groups excluding carboxylic acids is 2. The smallest absolute Gasteiger partial charge is 0.256 e. The average molecular weight is 381 g/mol. The Morgan fingerprint density at radius 3 is 2.24 bits per heavy atom. The average Bonchev–Trinajstić information content (AvgIpc) is 3.04. The molecule has 0 bridgehead atoms. The molecule has 0 spiro atoms. The van der Waals surface area contributed by atoms with Crippen molar-refractivity contribution in [1.82, 2.24) is 4.31 Å². The minimum absolute atomic E-state index is 0.127. The third-order valence-corrected chi connectivity index (χ3v) is 6.51. The zero-order valence-corrected chi connectivity index (χ0v) is 15.5. The van der Waals surface area contributed by atoms with Crippen molar-refractivity contribution < 1.29 is 18.0 Å². The molecular weight excluding hydrogens is 362 g/mol. The molecule has 0 aliphatic carbocycles. The van der Waals surface area contributed by atoms with E-state index in [0.717, 1.165) is 0 Å². The Labute approximate surface area is 150 Å². The summed E-state index contributed by atoms with van der Waals surface area (Å²) in [5.74, 6) is -1.08. The molecule has 0 aliphatic rings. The zero-order chi connectivity index (χ0) is 18.6. The Hall–Kier alpha value is -2.23. The minimum atomic E-state index is -3.57. The number of sulfonamides is 1. The summed E-state index contributed by atoms with van der Waals surface area (Å²) in [6.07, 6.45) is 0. The van der Waals surface area contributed by atoms with E-state index in [2.05, 4.69) is 5.32 Å². The minimum Gasteiger partial charge on any atom is -0.366 e. The van der Waals surface area contributed by atoms with Crippen LogP contribution in [0.2, 0.25) is 0 Å². The molecule has 2 rings (SSSR count). The number of nitrogens with two attached hydrogens (primary N) is 1. The highest BCUT2D eigenvalue weighted by Gasteiger charge is 2.22. The van der Waals surface area contributed by atoms with Crippen molar-refractivity contribution in [2.75, 3.05) is 18.4 Å². The molecule has 0 aliphatic heterocycles. The third kappa shape index (κ3) is 4.06. The van der Waals surface area contributed by atoms with Crippen LogP contribution in [0.4, 0.5) is 5.00 Å². The second kappa shape index (κ2) is 7.77. The highest BCUT2D eigenvalue weighted by molar-refractivity contribution is 7.89. The van der Waals surface area contributed by atoms with Gasteiger partial charge in [0.25, 0.3) is 11.8 Å². The largest absolute Gasteiger partial charge is 0.366 e. The number of thiophene rings is 1. The summed E-state index contributed by atoms with van der Waals surface area (Å²) in [6.45, 7) is 4.27. The van der Waals surface area contributed by atoms with Crippen LogP contribution in [0.3, 0.4) is 0 Å². The lowest BCUT2D eigenvalue weighted by Gasteiger charge is -2.18. The van der Waals surface area contributed by atoms with Crippen LogP contribution >= 0.6 is 11.3 Å². The number of primary amides is 1. The summed E-state index contributed by atoms with van der Waals surface area (Å²) in [4.78, 5) is 23.7. The van der Waals surface area contributed by atoms with Crippen LogP contribution in [-0.2, 0) is 10.0 Å². The number of benzene rings is 1. The molecule has 0 radical (unpaired) electrons. The van der Waals surface area contributed by atoms with E-state index < -0.39 is 21.8 Å². The monoisotopic (exact) mass is 381 g/mol. The van der Waals surface area contributed by atoms with Gasteiger partial charge in [0, 0.05) is 18.7 Å². The van der Waals surface area contributed by atoms with Gasteiger partial charge < -0.3 is 11.1 Å². The summed E-state index contributed by atoms with van der Waals surface area (Å²) in [7, 11) is -3.57. The third-order valence-electron chi connectivity index (χ3n) is 3.62. The van der Waals surface area contributed by atoms with Gasteiger partial charge >= 0.3 is 0 Å². The van der Waals surface area contributed by atoms with Crippen molar-refractivity contribution >= 4 is 38.2 Å². The number of amides is 2. The maximum atomic E-state index is 12.4. The van der Waals surface area contributed by atoms with Crippen LogP contribution in [0.25, 0.3) is 0 Å². The van der Waals surface area contributed by atoms with Crippen molar-refractivity contribution in [2.24, 2.45) is 5.73 Å². The molecule has 3 N–H and O–H groups in total. The number of rotatable bonds is 7. The molecule has 1 aromatic carbocycles. The topological polar surface area (TPSA) is 110 Å². The summed E-state index contributed by atoms with van der Waals surface area (Å²) in [6, 6.07) is 7.19. The van der Waals surface area contributed by atoms with Gasteiger partial charge in [-0.05, 0) is 35.7 Å². The van der Waals surface area contributed by atoms with Gasteiger partial charge in [0.05, 0.1) is 10.5 Å². The number of nitrogens with one attached hydrogen (secondary N) is 1. The second-order valence-corrected chi connectivity index (χ2v) is 7.95. The van der Waals surface area contributed by atoms with Crippen LogP contribution in [0.15, 0.2) is 40.6 Å². The number of hydrogen-bond acceptors (Lipinski definition) is 5. The second-order valence-electron chi connectivity index (χ2n) is 5.10. The number of hydrogen-bond donors (Lipinski definition) is 2. The lowest BCUT2D eigenvalue weighted by Crippen LogP contribution is -2.30. The summed E-state index contributed by atoms with van der Waals surface area (Å²) in [5, 5.41) is 4.62. The van der Waals surface area contributed by atoms with Crippen molar-refractivity contribution in [3.63, 3.8) is 0 Å². The predicted octanol–water partition coefficient (Wildman–Crippen LogP) is 2.13. The van der Waals surface area contributed by atoms with E-state index in [4.69, 9.17) is 5.73 Å². The molecule has 25 heavy (non-hydrogen) atoms. The lowest BCUT2D eigenvalue weighted by atomic mass is 10.2. The molecule has 2 amide bonds. The Morgan fingerprint density at radius 2 is 1.72 bits per heavy atom. The van der Waals surface area contributed by atoms with Crippen LogP contribution in [0.1, 0.15) is 34.6 Å². The Morgan fingerprint density at radius 1 is 1.12 bits per heavy atom. The lowest BCUT2D eigenvalue weighted by molar-refractivity contribution is 0.100. The van der Waals surface area contributed by atoms with E-state index in [1.54, 1.807) is 19.2 Å². The van der Waals surface area contributed by atoms with E-state index in [1.165, 1.54) is 46.0 Å². The summed E-state index contributed by atoms with van der Waals surface area (Å²) in [5.41, 5.74) is 5.76. The molecule has 1 heterocycles. The van der Waals surface area contributed by atoms with E-state index in [-0.39, 0.29) is 16.0 Å². The van der Waals surface area contributed by atoms with Crippen molar-refractivity contribution in [1.29, 1.82) is 0 Å². The van der Waals surface area contributed by atoms with Crippen molar-refractivity contribution in [3.8, 4) is 0 Å². The molecule has 0 unspecified atom stereocenters. The van der Waals surface area contributed by atoms with Gasteiger partial charge in [-0.3, -0.25) is 9.59 Å². The van der Waals surface area contributed by atoms with Crippen LogP contribution < -0.4 is 11.1 Å². The number of nitrogens with zero attached hydrogens (tertiary/aromatic N) is 1. The molecule has 0 saturated heterocycles. The van der Waals surface area contributed by atoms with Gasteiger partial charge in [-0.2, -0.15) is 4.31 Å². The van der Waals surface area contributed by atoms with Gasteiger partial charge in [0.1, 0.15) is 5.00 Å². The fourth-order valence-electron chi connectivity index (χ4n) is 2.27. The first-order chi connectivity index (χ1) is 11.8. The first-order valence-electron chi connectivity index (χ1n) is 7.60. The van der Waals surface area contributed by atoms with Crippen molar-refractivity contribution in [2.45, 2.75) is 18.7 Å². The van der Waals surface area contributed by atoms with Crippen LogP contribution in [0, 0.1) is 0 Å². The van der Waals surface area contributed by atoms with Gasteiger partial charge in [0.2, 0.25) is 10.0 Å². The van der Waals surface area contributed by atoms with Crippen LogP contribution in [-0.4, -0.2) is 37.6 Å². The first kappa shape index (κ1) is 19.1. The molecule has 0 saturated carbocycles. The van der Waals surface area contributed by atoms with Crippen LogP contribution in [0.5, 0.6) is 0 Å². The number of anilines is 1. The van der Waals surface area contributed by atoms with E-state index in [1.807, 2.05) is 0 Å². The standard InChI is InChI=1S/C16H19N3O4S2/c1-3-19(4-2)25(22,23)12-7-5-11(6-8-12)15(21)18-16-13(14(17)20)9-10-24-16/h5-10H,3-4H2,1-2H3,(H2,17,20)(H,18,21). The van der Waals surface area contributed by atoms with E-state index >= 15 is 0 Å². The normalized spacial score (nSPS) is 11.5. The van der Waals surface area contributed by atoms with Gasteiger partial charge in [-0.15, -0.1) is 11.3 Å². The molecule has 9 heteroatoms. The molecule has 7 nitrogen and oxygen atoms in total. The SMILES string of the molecule is CCN(CC)S(=O)(=O)c1ccc(C(=O)Nc2sccc2C(N)=O)cc1. The van der Waals surface area contributed by atoms with Crippen molar-refractivity contribution in [3.05, 3.63) is 46.8 Å². The van der Waals surface area contributed by atoms with E-state index in [0.29, 0.717) is 18.1 Å². The fraction of sp³-hybridized carbons (Fsp3) is 0.250. The van der Waals surface area contributed by atoms with E-state index in [9.17, 15) is 18.0 Å². The summed E-state index contributed by atoms with van der Waals surface area (Å²) >= 11 is 1.18. The quantitative estimate of drug-likeness (QED) is 0.765. The predicted molar refractivity (Wildman–Crippen MR) is 97.3 cm³/mol. The highest BCUT2D eigenvalue weighted by Crippen LogP contribution is 2.24. The molecule has 2 aromatic rings. The maximum absolute atomic E-state index is 12.4. The Balaban J connectivity index is 2.21. The highest BCUT2D eigenvalue weighted by atomic mass is 32.2. The molecular formula is C16H19N3O4S2. The fourth-order valence-corrected chi connectivity index (χ4v) is 4.51.